The first-order valence-electron chi connectivity index (χ1n) is 5.39. The van der Waals surface area contributed by atoms with Crippen molar-refractivity contribution in [2.45, 2.75) is 18.1 Å². The van der Waals surface area contributed by atoms with Crippen molar-refractivity contribution in [2.24, 2.45) is 5.73 Å². The molecule has 18 heavy (non-hydrogen) atoms. The fraction of sp³-hybridized carbons (Fsp3) is 0.455. The highest BCUT2D eigenvalue weighted by Gasteiger charge is 2.47. The molecule has 0 spiro atoms. The summed E-state index contributed by atoms with van der Waals surface area (Å²) in [6.07, 6.45) is -1.14. The van der Waals surface area contributed by atoms with E-state index in [1.165, 1.54) is 7.11 Å². The zero-order valence-electron chi connectivity index (χ0n) is 9.74. The topological polar surface area (TPSA) is 77.2 Å². The van der Waals surface area contributed by atoms with E-state index in [2.05, 4.69) is 26.2 Å². The van der Waals surface area contributed by atoms with E-state index in [0.717, 1.165) is 0 Å². The van der Waals surface area contributed by atoms with Gasteiger partial charge in [-0.25, -0.2) is 9.37 Å². The van der Waals surface area contributed by atoms with Gasteiger partial charge >= 0.3 is 0 Å². The molecule has 1 aromatic heterocycles. The molecule has 1 saturated heterocycles. The van der Waals surface area contributed by atoms with Gasteiger partial charge < -0.3 is 10.5 Å². The predicted octanol–water partition coefficient (Wildman–Crippen LogP) is 0.865. The summed E-state index contributed by atoms with van der Waals surface area (Å²) in [5, 5.41) is 2.83. The third-order valence-corrected chi connectivity index (χ3v) is 3.42. The maximum Gasteiger partial charge on any atom is 0.244 e. The number of alkyl halides is 1. The van der Waals surface area contributed by atoms with Crippen molar-refractivity contribution in [1.29, 1.82) is 0 Å². The van der Waals surface area contributed by atoms with Crippen LogP contribution in [0.3, 0.4) is 0 Å². The third-order valence-electron chi connectivity index (χ3n) is 3.01. The van der Waals surface area contributed by atoms with Crippen LogP contribution in [0.5, 0.6) is 5.75 Å². The van der Waals surface area contributed by atoms with E-state index in [1.54, 1.807) is 12.1 Å². The summed E-state index contributed by atoms with van der Waals surface area (Å²) in [7, 11) is 1.50. The SMILES string of the molecule is COc1cc(Br)nc([C@]2(C(N)=O)C[C@@H](F)CN2)c1. The van der Waals surface area contributed by atoms with Crippen LogP contribution in [0.2, 0.25) is 0 Å². The number of aromatic nitrogens is 1. The van der Waals surface area contributed by atoms with Gasteiger partial charge in [-0.1, -0.05) is 0 Å². The molecule has 0 aromatic carbocycles. The molecule has 1 aliphatic heterocycles. The van der Waals surface area contributed by atoms with Gasteiger partial charge in [0.15, 0.2) is 0 Å². The molecule has 2 atom stereocenters. The molecule has 1 amide bonds. The number of primary amides is 1. The van der Waals surface area contributed by atoms with E-state index in [1.807, 2.05) is 0 Å². The van der Waals surface area contributed by atoms with Crippen LogP contribution in [-0.2, 0) is 10.3 Å². The van der Waals surface area contributed by atoms with Crippen molar-refractivity contribution in [2.75, 3.05) is 13.7 Å². The lowest BCUT2D eigenvalue weighted by Crippen LogP contribution is -2.49. The quantitative estimate of drug-likeness (QED) is 0.811. The average Bonchev–Trinajstić information content (AvgIpc) is 2.72. The first-order chi connectivity index (χ1) is 8.48. The van der Waals surface area contributed by atoms with E-state index < -0.39 is 17.6 Å². The highest BCUT2D eigenvalue weighted by atomic mass is 79.9. The zero-order chi connectivity index (χ0) is 13.3. The van der Waals surface area contributed by atoms with Crippen molar-refractivity contribution in [3.63, 3.8) is 0 Å². The van der Waals surface area contributed by atoms with Crippen LogP contribution in [0.4, 0.5) is 4.39 Å². The Balaban J connectivity index is 2.50. The molecule has 1 aromatic rings. The van der Waals surface area contributed by atoms with Gasteiger partial charge in [0.25, 0.3) is 0 Å². The fourth-order valence-corrected chi connectivity index (χ4v) is 2.50. The summed E-state index contributed by atoms with van der Waals surface area (Å²) in [6, 6.07) is 3.24. The Morgan fingerprint density at radius 3 is 2.94 bits per heavy atom. The van der Waals surface area contributed by atoms with Gasteiger partial charge in [0.2, 0.25) is 5.91 Å². The van der Waals surface area contributed by atoms with Gasteiger partial charge in [-0.3, -0.25) is 10.1 Å². The summed E-state index contributed by atoms with van der Waals surface area (Å²) >= 11 is 3.22. The van der Waals surface area contributed by atoms with Crippen molar-refractivity contribution in [1.82, 2.24) is 10.3 Å². The minimum atomic E-state index is -1.27. The van der Waals surface area contributed by atoms with Crippen molar-refractivity contribution in [3.8, 4) is 5.75 Å². The van der Waals surface area contributed by atoms with E-state index in [0.29, 0.717) is 16.0 Å². The number of hydrogen-bond donors (Lipinski definition) is 2. The largest absolute Gasteiger partial charge is 0.497 e. The number of halogens is 2. The summed E-state index contributed by atoms with van der Waals surface area (Å²) < 4.78 is 19.0. The van der Waals surface area contributed by atoms with Gasteiger partial charge in [0.05, 0.1) is 12.8 Å². The van der Waals surface area contributed by atoms with Gasteiger partial charge in [0, 0.05) is 25.1 Å². The van der Waals surface area contributed by atoms with Crippen LogP contribution in [-0.4, -0.2) is 30.7 Å². The lowest BCUT2D eigenvalue weighted by molar-refractivity contribution is -0.124. The van der Waals surface area contributed by atoms with Crippen LogP contribution in [0.1, 0.15) is 12.1 Å². The summed E-state index contributed by atoms with van der Waals surface area (Å²) in [5.41, 5.74) is 4.50. The molecule has 0 bridgehead atoms. The number of hydrogen-bond acceptors (Lipinski definition) is 4. The molecule has 7 heteroatoms. The van der Waals surface area contributed by atoms with Crippen LogP contribution in [0, 0.1) is 0 Å². The monoisotopic (exact) mass is 317 g/mol. The number of carbonyl (C=O) groups is 1. The zero-order valence-corrected chi connectivity index (χ0v) is 11.3. The Kier molecular flexibility index (Phi) is 3.54. The highest BCUT2D eigenvalue weighted by molar-refractivity contribution is 9.10. The molecule has 0 radical (unpaired) electrons. The third kappa shape index (κ3) is 2.20. The Bertz CT molecular complexity index is 485. The molecular formula is C11H13BrFN3O2. The second kappa shape index (κ2) is 4.81. The maximum atomic E-state index is 13.4. The van der Waals surface area contributed by atoms with Crippen molar-refractivity contribution < 1.29 is 13.9 Å². The number of nitrogens with zero attached hydrogens (tertiary/aromatic N) is 1. The molecule has 98 valence electrons. The first-order valence-corrected chi connectivity index (χ1v) is 6.18. The van der Waals surface area contributed by atoms with Crippen LogP contribution in [0.15, 0.2) is 16.7 Å². The lowest BCUT2D eigenvalue weighted by Gasteiger charge is -2.25. The molecule has 1 fully saturated rings. The average molecular weight is 318 g/mol. The molecular weight excluding hydrogens is 305 g/mol. The number of pyridine rings is 1. The van der Waals surface area contributed by atoms with E-state index in [-0.39, 0.29) is 13.0 Å². The van der Waals surface area contributed by atoms with Crippen molar-refractivity contribution in [3.05, 3.63) is 22.4 Å². The fourth-order valence-electron chi connectivity index (χ4n) is 2.08. The summed E-state index contributed by atoms with van der Waals surface area (Å²) in [4.78, 5) is 15.9. The predicted molar refractivity (Wildman–Crippen MR) is 66.9 cm³/mol. The second-order valence-electron chi connectivity index (χ2n) is 4.17. The molecule has 0 unspecified atom stereocenters. The van der Waals surface area contributed by atoms with Crippen LogP contribution in [0.25, 0.3) is 0 Å². The number of amides is 1. The molecule has 5 nitrogen and oxygen atoms in total. The van der Waals surface area contributed by atoms with E-state index >= 15 is 0 Å². The number of carbonyl (C=O) groups excluding carboxylic acids is 1. The number of methoxy groups -OCH3 is 1. The number of nitrogens with one attached hydrogen (secondary N) is 1. The number of rotatable bonds is 3. The van der Waals surface area contributed by atoms with Crippen molar-refractivity contribution >= 4 is 21.8 Å². The number of ether oxygens (including phenoxy) is 1. The second-order valence-corrected chi connectivity index (χ2v) is 4.98. The van der Waals surface area contributed by atoms with Crippen LogP contribution >= 0.6 is 15.9 Å². The highest BCUT2D eigenvalue weighted by Crippen LogP contribution is 2.33. The summed E-state index contributed by atoms with van der Waals surface area (Å²) in [5.74, 6) is -0.119. The molecule has 2 rings (SSSR count). The molecule has 0 saturated carbocycles. The van der Waals surface area contributed by atoms with Gasteiger partial charge in [0.1, 0.15) is 22.1 Å². The van der Waals surface area contributed by atoms with E-state index in [9.17, 15) is 9.18 Å². The first kappa shape index (κ1) is 13.2. The minimum absolute atomic E-state index is 0.0189. The summed E-state index contributed by atoms with van der Waals surface area (Å²) in [6.45, 7) is 0.0828. The Morgan fingerprint density at radius 2 is 2.44 bits per heavy atom. The molecule has 0 aliphatic carbocycles. The van der Waals surface area contributed by atoms with Crippen LogP contribution < -0.4 is 15.8 Å². The standard InChI is InChI=1S/C11H13BrFN3O2/c1-18-7-2-8(16-9(12)3-7)11(10(14)17)4-6(13)5-15-11/h2-3,6,15H,4-5H2,1H3,(H2,14,17)/t6-,11+/m1/s1. The molecule has 2 heterocycles. The minimum Gasteiger partial charge on any atom is -0.497 e. The smallest absolute Gasteiger partial charge is 0.244 e. The normalized spacial score (nSPS) is 27.2. The Labute approximate surface area is 112 Å². The Hall–Kier alpha value is -1.21. The van der Waals surface area contributed by atoms with Gasteiger partial charge in [-0.05, 0) is 15.9 Å². The Morgan fingerprint density at radius 1 is 1.72 bits per heavy atom. The van der Waals surface area contributed by atoms with Gasteiger partial charge in [-0.2, -0.15) is 0 Å². The molecule has 1 aliphatic rings. The molecule has 3 N–H and O–H groups in total. The van der Waals surface area contributed by atoms with Gasteiger partial charge in [-0.15, -0.1) is 0 Å². The maximum absolute atomic E-state index is 13.4. The number of nitrogens with two attached hydrogens (primary N) is 1. The lowest BCUT2D eigenvalue weighted by atomic mass is 9.91. The van der Waals surface area contributed by atoms with E-state index in [4.69, 9.17) is 10.5 Å².